The van der Waals surface area contributed by atoms with Crippen LogP contribution in [0.4, 0.5) is 0 Å². The van der Waals surface area contributed by atoms with Gasteiger partial charge in [0, 0.05) is 19.3 Å². The molecule has 6 heteroatoms. The number of carbonyl (C=O) groups excluding carboxylic acids is 3. The third-order valence-corrected chi connectivity index (χ3v) is 11.4. The summed E-state index contributed by atoms with van der Waals surface area (Å²) >= 11 is 0. The average molecular weight is 893 g/mol. The molecule has 0 aromatic heterocycles. The molecule has 1 atom stereocenters. The maximum absolute atomic E-state index is 12.8. The predicted octanol–water partition coefficient (Wildman–Crippen LogP) is 17.8. The van der Waals surface area contributed by atoms with Crippen molar-refractivity contribution in [1.29, 1.82) is 0 Å². The Morgan fingerprint density at radius 3 is 0.906 bits per heavy atom. The number of carbonyl (C=O) groups is 3. The number of hydrogen-bond donors (Lipinski definition) is 0. The van der Waals surface area contributed by atoms with Gasteiger partial charge in [0.05, 0.1) is 0 Å². The number of hydrogen-bond acceptors (Lipinski definition) is 6. The molecular weight excluding hydrogens is 793 g/mol. The summed E-state index contributed by atoms with van der Waals surface area (Å²) in [6.45, 7) is 6.52. The minimum absolute atomic E-state index is 0.0855. The van der Waals surface area contributed by atoms with Gasteiger partial charge in [0.25, 0.3) is 0 Å². The quantitative estimate of drug-likeness (QED) is 0.0262. The lowest BCUT2D eigenvalue weighted by atomic mass is 10.1. The zero-order chi connectivity index (χ0) is 46.5. The molecule has 0 aliphatic carbocycles. The van der Waals surface area contributed by atoms with Gasteiger partial charge in [-0.05, 0) is 96.3 Å². The fourth-order valence-electron chi connectivity index (χ4n) is 7.34. The van der Waals surface area contributed by atoms with Gasteiger partial charge in [-0.15, -0.1) is 0 Å². The fourth-order valence-corrected chi connectivity index (χ4v) is 7.34. The summed E-state index contributed by atoms with van der Waals surface area (Å²) in [7, 11) is 0. The molecule has 0 bridgehead atoms. The van der Waals surface area contributed by atoms with Crippen molar-refractivity contribution < 1.29 is 28.6 Å². The van der Waals surface area contributed by atoms with Crippen LogP contribution in [0.3, 0.4) is 0 Å². The monoisotopic (exact) mass is 893 g/mol. The van der Waals surface area contributed by atoms with Crippen molar-refractivity contribution in [3.8, 4) is 0 Å². The van der Waals surface area contributed by atoms with Crippen molar-refractivity contribution in [3.63, 3.8) is 0 Å². The van der Waals surface area contributed by atoms with E-state index in [1.165, 1.54) is 116 Å². The van der Waals surface area contributed by atoms with Crippen LogP contribution < -0.4 is 0 Å². The van der Waals surface area contributed by atoms with Gasteiger partial charge in [-0.1, -0.05) is 216 Å². The first-order chi connectivity index (χ1) is 31.5. The van der Waals surface area contributed by atoms with Crippen LogP contribution >= 0.6 is 0 Å². The highest BCUT2D eigenvalue weighted by atomic mass is 16.6. The van der Waals surface area contributed by atoms with E-state index in [0.717, 1.165) is 103 Å². The lowest BCUT2D eigenvalue weighted by Gasteiger charge is -2.18. The first-order valence-electron chi connectivity index (χ1n) is 26.9. The second-order valence-corrected chi connectivity index (χ2v) is 17.8. The van der Waals surface area contributed by atoms with Gasteiger partial charge in [0.15, 0.2) is 6.10 Å². The summed E-state index contributed by atoms with van der Waals surface area (Å²) in [5.74, 6) is -0.918. The van der Waals surface area contributed by atoms with Gasteiger partial charge >= 0.3 is 17.9 Å². The largest absolute Gasteiger partial charge is 0.462 e. The van der Waals surface area contributed by atoms with Crippen LogP contribution in [0.25, 0.3) is 0 Å². The standard InChI is InChI=1S/C58H100O6/c1-4-7-10-13-16-18-20-22-24-26-28-29-31-32-34-36-38-40-42-45-48-51-57(60)63-54-55(53-62-56(59)50-47-44-15-12-9-6-3)64-58(61)52-49-46-43-41-39-37-35-33-30-27-25-23-21-19-17-14-11-8-5-2/h17,19-20,22-23,25-26,28,30-33,55H,4-16,18,21,24,27,29,34-54H2,1-3H3/b19-17-,22-20-,25-23-,28-26-,32-31-,33-30-. The van der Waals surface area contributed by atoms with Crippen molar-refractivity contribution in [2.45, 2.75) is 264 Å². The molecule has 6 nitrogen and oxygen atoms in total. The molecule has 0 N–H and O–H groups in total. The topological polar surface area (TPSA) is 78.9 Å². The Bertz CT molecular complexity index is 1210. The highest BCUT2D eigenvalue weighted by Gasteiger charge is 2.19. The molecule has 0 aliphatic heterocycles. The normalized spacial score (nSPS) is 12.6. The predicted molar refractivity (Wildman–Crippen MR) is 274 cm³/mol. The second kappa shape index (κ2) is 52.5. The molecule has 0 fully saturated rings. The van der Waals surface area contributed by atoms with Crippen LogP contribution in [-0.2, 0) is 28.6 Å². The summed E-state index contributed by atoms with van der Waals surface area (Å²) in [6, 6.07) is 0. The molecule has 0 rings (SSSR count). The Morgan fingerprint density at radius 2 is 0.562 bits per heavy atom. The van der Waals surface area contributed by atoms with E-state index in [-0.39, 0.29) is 31.1 Å². The number of rotatable bonds is 48. The summed E-state index contributed by atoms with van der Waals surface area (Å²) < 4.78 is 16.7. The van der Waals surface area contributed by atoms with Crippen LogP contribution in [0.2, 0.25) is 0 Å². The van der Waals surface area contributed by atoms with Crippen molar-refractivity contribution in [3.05, 3.63) is 72.9 Å². The lowest BCUT2D eigenvalue weighted by molar-refractivity contribution is -0.167. The summed E-state index contributed by atoms with van der Waals surface area (Å²) in [4.78, 5) is 37.8. The Labute approximate surface area is 395 Å². The molecule has 64 heavy (non-hydrogen) atoms. The third kappa shape index (κ3) is 49.9. The summed E-state index contributed by atoms with van der Waals surface area (Å²) in [5.41, 5.74) is 0. The molecular formula is C58H100O6. The van der Waals surface area contributed by atoms with Crippen LogP contribution in [0.1, 0.15) is 258 Å². The molecule has 0 spiro atoms. The van der Waals surface area contributed by atoms with E-state index in [4.69, 9.17) is 14.2 Å². The summed E-state index contributed by atoms with van der Waals surface area (Å²) in [6.07, 6.45) is 66.2. The number of allylic oxidation sites excluding steroid dienone is 12. The maximum atomic E-state index is 12.8. The number of unbranched alkanes of at least 4 members (excludes halogenated alkanes) is 25. The van der Waals surface area contributed by atoms with Crippen LogP contribution in [-0.4, -0.2) is 37.2 Å². The van der Waals surface area contributed by atoms with E-state index in [1.807, 2.05) is 0 Å². The molecule has 0 amide bonds. The van der Waals surface area contributed by atoms with Gasteiger partial charge < -0.3 is 14.2 Å². The summed E-state index contributed by atoms with van der Waals surface area (Å²) in [5, 5.41) is 0. The van der Waals surface area contributed by atoms with Crippen molar-refractivity contribution in [1.82, 2.24) is 0 Å². The first kappa shape index (κ1) is 60.9. The molecule has 0 saturated carbocycles. The van der Waals surface area contributed by atoms with Gasteiger partial charge in [-0.3, -0.25) is 14.4 Å². The van der Waals surface area contributed by atoms with Gasteiger partial charge in [0.2, 0.25) is 0 Å². The van der Waals surface area contributed by atoms with Crippen LogP contribution in [0, 0.1) is 0 Å². The Kier molecular flexibility index (Phi) is 49.9. The van der Waals surface area contributed by atoms with Gasteiger partial charge in [-0.25, -0.2) is 0 Å². The minimum atomic E-state index is -0.785. The Hall–Kier alpha value is -3.15. The molecule has 0 radical (unpaired) electrons. The third-order valence-electron chi connectivity index (χ3n) is 11.4. The van der Waals surface area contributed by atoms with Crippen molar-refractivity contribution in [2.75, 3.05) is 13.2 Å². The molecule has 0 saturated heterocycles. The second-order valence-electron chi connectivity index (χ2n) is 17.8. The number of esters is 3. The molecule has 0 aromatic rings. The van der Waals surface area contributed by atoms with E-state index in [0.29, 0.717) is 19.3 Å². The molecule has 1 unspecified atom stereocenters. The van der Waals surface area contributed by atoms with Crippen LogP contribution in [0.15, 0.2) is 72.9 Å². The highest BCUT2D eigenvalue weighted by molar-refractivity contribution is 5.71. The zero-order valence-corrected chi connectivity index (χ0v) is 42.0. The minimum Gasteiger partial charge on any atom is -0.462 e. The smallest absolute Gasteiger partial charge is 0.306 e. The highest BCUT2D eigenvalue weighted by Crippen LogP contribution is 2.14. The zero-order valence-electron chi connectivity index (χ0n) is 42.0. The fraction of sp³-hybridized carbons (Fsp3) is 0.741. The van der Waals surface area contributed by atoms with E-state index in [2.05, 4.69) is 93.7 Å². The first-order valence-corrected chi connectivity index (χ1v) is 26.9. The van der Waals surface area contributed by atoms with E-state index >= 15 is 0 Å². The van der Waals surface area contributed by atoms with Crippen LogP contribution in [0.5, 0.6) is 0 Å². The van der Waals surface area contributed by atoms with Crippen molar-refractivity contribution >= 4 is 17.9 Å². The van der Waals surface area contributed by atoms with E-state index < -0.39 is 6.10 Å². The number of ether oxygens (including phenoxy) is 3. The SMILES string of the molecule is CCCCC/C=C\C/C=C\C/C=C\CCCCCCCCC(=O)OC(COC(=O)CCCCCCCC)COC(=O)CCCCCCCC/C=C\C/C=C\C/C=C\CCCCCCC. The Morgan fingerprint density at radius 1 is 0.312 bits per heavy atom. The van der Waals surface area contributed by atoms with E-state index in [1.54, 1.807) is 0 Å². The lowest BCUT2D eigenvalue weighted by Crippen LogP contribution is -2.30. The van der Waals surface area contributed by atoms with Gasteiger partial charge in [0.1, 0.15) is 13.2 Å². The van der Waals surface area contributed by atoms with Gasteiger partial charge in [-0.2, -0.15) is 0 Å². The average Bonchev–Trinajstić information content (AvgIpc) is 3.29. The molecule has 0 aromatic carbocycles. The Balaban J connectivity index is 4.25. The molecule has 0 aliphatic rings. The maximum Gasteiger partial charge on any atom is 0.306 e. The molecule has 0 heterocycles. The van der Waals surface area contributed by atoms with Crippen molar-refractivity contribution in [2.24, 2.45) is 0 Å². The molecule has 368 valence electrons. The van der Waals surface area contributed by atoms with E-state index in [9.17, 15) is 14.4 Å².